The molecule has 0 heterocycles. The van der Waals surface area contributed by atoms with Crippen molar-refractivity contribution in [2.24, 2.45) is 5.92 Å². The molecular weight excluding hydrogens is 288 g/mol. The van der Waals surface area contributed by atoms with Crippen LogP contribution in [0.3, 0.4) is 0 Å². The molecule has 0 atom stereocenters. The van der Waals surface area contributed by atoms with Gasteiger partial charge in [-0.25, -0.2) is 0 Å². The van der Waals surface area contributed by atoms with E-state index in [2.05, 4.69) is 30.2 Å². The maximum atomic E-state index is 5.59. The summed E-state index contributed by atoms with van der Waals surface area (Å²) in [6.07, 6.45) is 25.6. The number of hydrogen-bond acceptors (Lipinski definition) is 0. The van der Waals surface area contributed by atoms with Gasteiger partial charge in [0.25, 0.3) is 0 Å². The minimum atomic E-state index is 0.422. The molecule has 2 fully saturated rings. The van der Waals surface area contributed by atoms with E-state index in [1.807, 2.05) is 0 Å². The quantitative estimate of drug-likeness (QED) is 0.514. The molecule has 2 aliphatic carbocycles. The van der Waals surface area contributed by atoms with E-state index < -0.39 is 0 Å². The van der Waals surface area contributed by atoms with Crippen LogP contribution < -0.4 is 0 Å². The van der Waals surface area contributed by atoms with Gasteiger partial charge in [-0.1, -0.05) is 82.3 Å². The lowest BCUT2D eigenvalue weighted by Crippen LogP contribution is -2.36. The molecule has 1 aromatic rings. The van der Waals surface area contributed by atoms with Gasteiger partial charge in [-0.2, -0.15) is 0 Å². The molecule has 0 radical (unpaired) electrons. The van der Waals surface area contributed by atoms with Gasteiger partial charge in [0.2, 0.25) is 0 Å². The summed E-state index contributed by atoms with van der Waals surface area (Å²) in [4.78, 5) is 0. The minimum Gasteiger partial charge on any atom is -0.115 e. The maximum Gasteiger partial charge on any atom is 0.0242 e. The van der Waals surface area contributed by atoms with E-state index in [1.54, 1.807) is 5.56 Å². The predicted octanol–water partition coefficient (Wildman–Crippen LogP) is 7.01. The Bertz CT molecular complexity index is 514. The van der Waals surface area contributed by atoms with E-state index in [0.29, 0.717) is 5.41 Å². The Kier molecular flexibility index (Phi) is 6.42. The molecule has 0 bridgehead atoms. The zero-order valence-corrected chi connectivity index (χ0v) is 15.4. The summed E-state index contributed by atoms with van der Waals surface area (Å²) in [5, 5.41) is 0. The minimum absolute atomic E-state index is 0.422. The summed E-state index contributed by atoms with van der Waals surface area (Å²) < 4.78 is 0. The third-order valence-electron chi connectivity index (χ3n) is 6.76. The smallest absolute Gasteiger partial charge is 0.0242 e. The Morgan fingerprint density at radius 1 is 0.708 bits per heavy atom. The number of hydrogen-bond donors (Lipinski definition) is 0. The van der Waals surface area contributed by atoms with Crippen LogP contribution in [-0.2, 0) is 5.41 Å². The van der Waals surface area contributed by atoms with Crippen LogP contribution in [-0.4, -0.2) is 0 Å². The topological polar surface area (TPSA) is 0 Å². The van der Waals surface area contributed by atoms with Gasteiger partial charge in [0.15, 0.2) is 0 Å². The highest BCUT2D eigenvalue weighted by molar-refractivity contribution is 5.37. The van der Waals surface area contributed by atoms with Crippen LogP contribution in [0.25, 0.3) is 0 Å². The van der Waals surface area contributed by atoms with Crippen LogP contribution >= 0.6 is 0 Å². The lowest BCUT2D eigenvalue weighted by Gasteiger charge is -2.44. The van der Waals surface area contributed by atoms with Gasteiger partial charge in [-0.15, -0.1) is 6.42 Å². The third kappa shape index (κ3) is 4.05. The first-order valence-corrected chi connectivity index (χ1v) is 10.4. The van der Waals surface area contributed by atoms with Gasteiger partial charge in [0.1, 0.15) is 0 Å². The Morgan fingerprint density at radius 3 is 1.75 bits per heavy atom. The molecule has 2 saturated carbocycles. The highest BCUT2D eigenvalue weighted by Crippen LogP contribution is 2.48. The first kappa shape index (κ1) is 17.6. The molecule has 0 unspecified atom stereocenters. The SMILES string of the molecule is C#Cc1ccc(C2(C3CCCCCCC3)CCCCCCC2)cc1. The molecule has 0 amide bonds. The lowest BCUT2D eigenvalue weighted by atomic mass is 9.60. The highest BCUT2D eigenvalue weighted by Gasteiger charge is 2.39. The normalized spacial score (nSPS) is 23.3. The van der Waals surface area contributed by atoms with Crippen molar-refractivity contribution >= 4 is 0 Å². The predicted molar refractivity (Wildman–Crippen MR) is 104 cm³/mol. The molecule has 0 aromatic heterocycles. The molecule has 0 saturated heterocycles. The molecule has 2 aliphatic rings. The monoisotopic (exact) mass is 322 g/mol. The number of benzene rings is 1. The second kappa shape index (κ2) is 8.75. The average Bonchev–Trinajstić information content (AvgIpc) is 2.56. The Hall–Kier alpha value is -1.22. The van der Waals surface area contributed by atoms with E-state index in [1.165, 1.54) is 89.9 Å². The van der Waals surface area contributed by atoms with Gasteiger partial charge in [0, 0.05) is 5.56 Å². The van der Waals surface area contributed by atoms with Gasteiger partial charge in [-0.05, 0) is 54.7 Å². The largest absolute Gasteiger partial charge is 0.115 e. The second-order valence-electron chi connectivity index (χ2n) is 8.19. The zero-order chi connectivity index (χ0) is 16.7. The van der Waals surface area contributed by atoms with E-state index in [-0.39, 0.29) is 0 Å². The summed E-state index contributed by atoms with van der Waals surface area (Å²) in [5.41, 5.74) is 3.04. The third-order valence-corrected chi connectivity index (χ3v) is 6.76. The molecule has 0 aliphatic heterocycles. The standard InChI is InChI=1S/C24H34/c1-2-21-15-17-23(18-16-21)24(19-11-7-4-8-12-20-24)22-13-9-5-3-6-10-14-22/h1,15-18,22H,3-14,19-20H2. The summed E-state index contributed by atoms with van der Waals surface area (Å²) >= 11 is 0. The molecular formula is C24H34. The average molecular weight is 323 g/mol. The van der Waals surface area contributed by atoms with E-state index in [0.717, 1.165) is 11.5 Å². The molecule has 0 heteroatoms. The fourth-order valence-corrected chi connectivity index (χ4v) is 5.38. The van der Waals surface area contributed by atoms with Gasteiger partial charge >= 0.3 is 0 Å². The van der Waals surface area contributed by atoms with Crippen LogP contribution in [0.2, 0.25) is 0 Å². The summed E-state index contributed by atoms with van der Waals surface area (Å²) in [5.74, 6) is 3.67. The van der Waals surface area contributed by atoms with Crippen molar-refractivity contribution in [3.8, 4) is 12.3 Å². The Labute approximate surface area is 149 Å². The van der Waals surface area contributed by atoms with Crippen LogP contribution in [0.1, 0.15) is 101 Å². The first-order chi connectivity index (χ1) is 11.8. The van der Waals surface area contributed by atoms with E-state index in [9.17, 15) is 0 Å². The van der Waals surface area contributed by atoms with Crippen molar-refractivity contribution in [3.63, 3.8) is 0 Å². The molecule has 24 heavy (non-hydrogen) atoms. The highest BCUT2D eigenvalue weighted by atomic mass is 14.4. The maximum absolute atomic E-state index is 5.59. The molecule has 3 rings (SSSR count). The summed E-state index contributed by atoms with van der Waals surface area (Å²) in [6.45, 7) is 0. The van der Waals surface area contributed by atoms with Crippen molar-refractivity contribution in [1.82, 2.24) is 0 Å². The summed E-state index contributed by atoms with van der Waals surface area (Å²) in [6, 6.07) is 9.10. The van der Waals surface area contributed by atoms with Crippen molar-refractivity contribution in [3.05, 3.63) is 35.4 Å². The number of rotatable bonds is 2. The fourth-order valence-electron chi connectivity index (χ4n) is 5.38. The fraction of sp³-hybridized carbons (Fsp3) is 0.667. The van der Waals surface area contributed by atoms with Crippen LogP contribution in [0.4, 0.5) is 0 Å². The van der Waals surface area contributed by atoms with Gasteiger partial charge in [0.05, 0.1) is 0 Å². The molecule has 130 valence electrons. The van der Waals surface area contributed by atoms with E-state index in [4.69, 9.17) is 6.42 Å². The summed E-state index contributed by atoms with van der Waals surface area (Å²) in [7, 11) is 0. The zero-order valence-electron chi connectivity index (χ0n) is 15.4. The number of terminal acetylenes is 1. The van der Waals surface area contributed by atoms with E-state index >= 15 is 0 Å². The van der Waals surface area contributed by atoms with Crippen LogP contribution in [0, 0.1) is 18.3 Å². The molecule has 0 nitrogen and oxygen atoms in total. The van der Waals surface area contributed by atoms with Crippen molar-refractivity contribution in [2.45, 2.75) is 95.3 Å². The lowest BCUT2D eigenvalue weighted by molar-refractivity contribution is 0.171. The molecule has 0 spiro atoms. The first-order valence-electron chi connectivity index (χ1n) is 10.4. The second-order valence-corrected chi connectivity index (χ2v) is 8.19. The molecule has 1 aromatic carbocycles. The van der Waals surface area contributed by atoms with Crippen molar-refractivity contribution in [1.29, 1.82) is 0 Å². The van der Waals surface area contributed by atoms with Crippen molar-refractivity contribution < 1.29 is 0 Å². The van der Waals surface area contributed by atoms with Crippen LogP contribution in [0.15, 0.2) is 24.3 Å². The van der Waals surface area contributed by atoms with Crippen molar-refractivity contribution in [2.75, 3.05) is 0 Å². The Morgan fingerprint density at radius 2 is 1.21 bits per heavy atom. The Balaban J connectivity index is 1.92. The van der Waals surface area contributed by atoms with Crippen LogP contribution in [0.5, 0.6) is 0 Å². The van der Waals surface area contributed by atoms with Gasteiger partial charge in [-0.3, -0.25) is 0 Å². The molecule has 0 N–H and O–H groups in total. The van der Waals surface area contributed by atoms with Gasteiger partial charge < -0.3 is 0 Å².